The fourth-order valence-electron chi connectivity index (χ4n) is 3.61. The van der Waals surface area contributed by atoms with Crippen LogP contribution < -0.4 is 16.0 Å². The van der Waals surface area contributed by atoms with Gasteiger partial charge in [-0.1, -0.05) is 40.5 Å². The number of thiazole rings is 2. The first-order valence-electron chi connectivity index (χ1n) is 11.6. The minimum atomic E-state index is -0.537. The number of rotatable bonds is 4. The van der Waals surface area contributed by atoms with Gasteiger partial charge in [-0.3, -0.25) is 14.4 Å². The van der Waals surface area contributed by atoms with Gasteiger partial charge in [-0.15, -0.1) is 22.7 Å². The van der Waals surface area contributed by atoms with Crippen LogP contribution in [0.15, 0.2) is 21.4 Å². The van der Waals surface area contributed by atoms with Gasteiger partial charge in [-0.25, -0.2) is 15.0 Å². The van der Waals surface area contributed by atoms with E-state index in [1.54, 1.807) is 10.8 Å². The van der Waals surface area contributed by atoms with Crippen LogP contribution in [-0.4, -0.2) is 32.7 Å². The highest BCUT2D eigenvalue weighted by Crippen LogP contribution is 2.29. The Bertz CT molecular complexity index is 1210. The van der Waals surface area contributed by atoms with Gasteiger partial charge in [0, 0.05) is 10.8 Å². The second-order valence-corrected chi connectivity index (χ2v) is 10.5. The van der Waals surface area contributed by atoms with Crippen LogP contribution in [0.5, 0.6) is 0 Å². The molecule has 3 aromatic rings. The van der Waals surface area contributed by atoms with Crippen molar-refractivity contribution < 1.29 is 18.8 Å². The summed E-state index contributed by atoms with van der Waals surface area (Å²) in [6.07, 6.45) is 2.84. The molecule has 186 valence electrons. The summed E-state index contributed by atoms with van der Waals surface area (Å²) in [5.74, 6) is -0.792. The van der Waals surface area contributed by atoms with Crippen LogP contribution in [-0.2, 0) is 6.54 Å². The maximum atomic E-state index is 13.1. The quantitative estimate of drug-likeness (QED) is 0.478. The molecule has 1 aliphatic rings. The molecule has 0 spiro atoms. The third kappa shape index (κ3) is 5.43. The second kappa shape index (κ2) is 10.6. The van der Waals surface area contributed by atoms with Gasteiger partial charge in [0.1, 0.15) is 33.7 Å². The van der Waals surface area contributed by atoms with Gasteiger partial charge in [0.25, 0.3) is 17.7 Å². The van der Waals surface area contributed by atoms with Crippen LogP contribution in [0.2, 0.25) is 0 Å². The first-order valence-corrected chi connectivity index (χ1v) is 13.3. The number of hydrogen-bond donors (Lipinski definition) is 3. The Morgan fingerprint density at radius 2 is 1.51 bits per heavy atom. The lowest BCUT2D eigenvalue weighted by Gasteiger charge is -2.22. The fourth-order valence-corrected chi connectivity index (χ4v) is 5.30. The minimum absolute atomic E-state index is 0.00176. The van der Waals surface area contributed by atoms with Gasteiger partial charge in [-0.05, 0) is 11.8 Å². The number of aromatic nitrogens is 3. The molecule has 0 unspecified atom stereocenters. The molecular weight excluding hydrogens is 488 g/mol. The van der Waals surface area contributed by atoms with Gasteiger partial charge in [0.15, 0.2) is 5.69 Å². The van der Waals surface area contributed by atoms with Crippen LogP contribution in [0, 0.1) is 11.8 Å². The maximum Gasteiger partial charge on any atom is 0.273 e. The number of amides is 3. The number of carbonyl (C=O) groups is 3. The molecular formula is C23H28N6O4S2. The first kappa shape index (κ1) is 25.0. The highest BCUT2D eigenvalue weighted by atomic mass is 32.1. The van der Waals surface area contributed by atoms with Crippen molar-refractivity contribution in [1.29, 1.82) is 0 Å². The first-order chi connectivity index (χ1) is 16.8. The largest absolute Gasteiger partial charge is 0.446 e. The van der Waals surface area contributed by atoms with Crippen LogP contribution in [0.4, 0.5) is 0 Å². The summed E-state index contributed by atoms with van der Waals surface area (Å²) in [6.45, 7) is 8.19. The molecule has 0 saturated carbocycles. The Balaban J connectivity index is 1.73. The zero-order valence-electron chi connectivity index (χ0n) is 20.0. The average Bonchev–Trinajstić information content (AvgIpc) is 3.63. The molecule has 0 fully saturated rings. The minimum Gasteiger partial charge on any atom is -0.446 e. The third-order valence-corrected chi connectivity index (χ3v) is 8.00. The van der Waals surface area contributed by atoms with Crippen LogP contribution in [0.3, 0.4) is 0 Å². The molecule has 3 aromatic heterocycles. The van der Waals surface area contributed by atoms with Crippen molar-refractivity contribution in [2.45, 2.75) is 59.2 Å². The molecule has 3 N–H and O–H groups in total. The summed E-state index contributed by atoms with van der Waals surface area (Å²) in [4.78, 5) is 52.0. The summed E-state index contributed by atoms with van der Waals surface area (Å²) in [6, 6.07) is -0.910. The lowest BCUT2D eigenvalue weighted by Crippen LogP contribution is -2.34. The summed E-state index contributed by atoms with van der Waals surface area (Å²) < 4.78 is 5.61. The topological polar surface area (TPSA) is 139 Å². The fraction of sp³-hybridized carbons (Fsp3) is 0.478. The van der Waals surface area contributed by atoms with E-state index in [1.807, 2.05) is 27.7 Å². The summed E-state index contributed by atoms with van der Waals surface area (Å²) in [7, 11) is 0. The number of fused-ring (bicyclic) bond motifs is 6. The van der Waals surface area contributed by atoms with E-state index in [1.165, 1.54) is 28.9 Å². The molecule has 4 atom stereocenters. The van der Waals surface area contributed by atoms with Gasteiger partial charge in [0.05, 0.1) is 12.6 Å². The molecule has 1 aliphatic heterocycles. The van der Waals surface area contributed by atoms with Crippen molar-refractivity contribution in [2.24, 2.45) is 11.8 Å². The van der Waals surface area contributed by atoms with Crippen molar-refractivity contribution in [3.8, 4) is 0 Å². The van der Waals surface area contributed by atoms with Gasteiger partial charge in [0.2, 0.25) is 5.89 Å². The molecule has 12 heteroatoms. The molecule has 3 amide bonds. The molecule has 0 aliphatic carbocycles. The molecule has 10 nitrogen and oxygen atoms in total. The predicted molar refractivity (Wildman–Crippen MR) is 131 cm³/mol. The molecule has 0 aromatic carbocycles. The van der Waals surface area contributed by atoms with E-state index in [9.17, 15) is 14.4 Å². The van der Waals surface area contributed by atoms with E-state index < -0.39 is 11.9 Å². The zero-order valence-corrected chi connectivity index (χ0v) is 21.6. The van der Waals surface area contributed by atoms with Gasteiger partial charge in [-0.2, -0.15) is 0 Å². The van der Waals surface area contributed by atoms with Crippen LogP contribution in [0.25, 0.3) is 0 Å². The number of hydrogen-bond acceptors (Lipinski definition) is 9. The number of nitrogens with zero attached hydrogens (tertiary/aromatic N) is 3. The van der Waals surface area contributed by atoms with E-state index in [0.29, 0.717) is 10.0 Å². The Hall–Kier alpha value is -3.12. The van der Waals surface area contributed by atoms with E-state index in [0.717, 1.165) is 12.8 Å². The normalized spacial score (nSPS) is 20.7. The standard InChI is InChI=1S/C23H28N6O4S2/c1-5-11(3)17-22-26-13(8-33-22)19(30)24-7-16-25-14(9-34-16)20(31)29-18(12(4)6-2)23-27-15(10-35-23)21(32)28-17/h8-12,17-18H,5-7H2,1-4H3,(H,24,30)(H,28,32)(H,29,31)/t11-,12-,17-,18-/m0/s1. The molecule has 0 radical (unpaired) electrons. The van der Waals surface area contributed by atoms with E-state index in [2.05, 4.69) is 30.9 Å². The summed E-state index contributed by atoms with van der Waals surface area (Å²) in [5, 5.41) is 13.3. The number of carbonyl (C=O) groups excluding carboxylic acids is 3. The Kier molecular flexibility index (Phi) is 7.60. The van der Waals surface area contributed by atoms with Gasteiger partial charge < -0.3 is 20.4 Å². The monoisotopic (exact) mass is 516 g/mol. The van der Waals surface area contributed by atoms with Crippen molar-refractivity contribution in [3.05, 3.63) is 50.0 Å². The SMILES string of the molecule is CC[C@H](C)[C@@H]1NC(=O)c2csc(n2)[C@H]([C@@H](C)CC)NC(=O)c2csc(n2)CNC(=O)c2coc1n2. The Labute approximate surface area is 211 Å². The van der Waals surface area contributed by atoms with E-state index >= 15 is 0 Å². The van der Waals surface area contributed by atoms with E-state index in [4.69, 9.17) is 4.42 Å². The lowest BCUT2D eigenvalue weighted by atomic mass is 9.99. The van der Waals surface area contributed by atoms with Crippen LogP contribution in [0.1, 0.15) is 100.0 Å². The zero-order chi connectivity index (χ0) is 25.1. The van der Waals surface area contributed by atoms with Gasteiger partial charge >= 0.3 is 0 Å². The predicted octanol–water partition coefficient (Wildman–Crippen LogP) is 3.87. The maximum absolute atomic E-state index is 13.1. The van der Waals surface area contributed by atoms with Crippen molar-refractivity contribution >= 4 is 40.4 Å². The molecule has 4 rings (SSSR count). The van der Waals surface area contributed by atoms with E-state index in [-0.39, 0.29) is 59.2 Å². The second-order valence-electron chi connectivity index (χ2n) is 8.62. The third-order valence-electron chi connectivity index (χ3n) is 6.22. The highest BCUT2D eigenvalue weighted by molar-refractivity contribution is 7.10. The summed E-state index contributed by atoms with van der Waals surface area (Å²) in [5.41, 5.74) is 0.622. The smallest absolute Gasteiger partial charge is 0.273 e. The van der Waals surface area contributed by atoms with Crippen LogP contribution >= 0.6 is 22.7 Å². The van der Waals surface area contributed by atoms with Crippen molar-refractivity contribution in [3.63, 3.8) is 0 Å². The lowest BCUT2D eigenvalue weighted by molar-refractivity contribution is 0.0907. The molecule has 0 saturated heterocycles. The Morgan fingerprint density at radius 1 is 0.886 bits per heavy atom. The number of nitrogens with one attached hydrogen (secondary N) is 3. The highest BCUT2D eigenvalue weighted by Gasteiger charge is 2.30. The average molecular weight is 517 g/mol. The number of oxazole rings is 1. The molecule has 4 heterocycles. The van der Waals surface area contributed by atoms with Crippen molar-refractivity contribution in [2.75, 3.05) is 0 Å². The van der Waals surface area contributed by atoms with Crippen molar-refractivity contribution in [1.82, 2.24) is 30.9 Å². The Morgan fingerprint density at radius 3 is 2.23 bits per heavy atom. The molecule has 6 bridgehead atoms. The molecule has 35 heavy (non-hydrogen) atoms. The summed E-state index contributed by atoms with van der Waals surface area (Å²) >= 11 is 2.62.